The van der Waals surface area contributed by atoms with Gasteiger partial charge in [0.1, 0.15) is 17.3 Å². The molecule has 0 aromatic carbocycles. The van der Waals surface area contributed by atoms with Crippen LogP contribution in [0, 0.1) is 0 Å². The molecule has 2 aromatic rings. The van der Waals surface area contributed by atoms with Crippen molar-refractivity contribution in [2.45, 2.75) is 13.3 Å². The highest BCUT2D eigenvalue weighted by atomic mass is 16.5. The summed E-state index contributed by atoms with van der Waals surface area (Å²) < 4.78 is 5.60. The Morgan fingerprint density at radius 2 is 2.06 bits per heavy atom. The van der Waals surface area contributed by atoms with Crippen molar-refractivity contribution in [2.75, 3.05) is 5.73 Å². The molecule has 16 heavy (non-hydrogen) atoms. The predicted molar refractivity (Wildman–Crippen MR) is 62.3 cm³/mol. The molecule has 2 heterocycles. The van der Waals surface area contributed by atoms with Crippen molar-refractivity contribution in [3.8, 4) is 11.5 Å². The Bertz CT molecular complexity index is 468. The van der Waals surface area contributed by atoms with E-state index in [9.17, 15) is 0 Å². The van der Waals surface area contributed by atoms with Gasteiger partial charge in [0.15, 0.2) is 0 Å². The first-order valence-electron chi connectivity index (χ1n) is 5.11. The summed E-state index contributed by atoms with van der Waals surface area (Å²) in [5, 5.41) is 0. The summed E-state index contributed by atoms with van der Waals surface area (Å²) in [6, 6.07) is 5.44. The molecule has 0 unspecified atom stereocenters. The van der Waals surface area contributed by atoms with Crippen molar-refractivity contribution in [1.82, 2.24) is 9.97 Å². The van der Waals surface area contributed by atoms with E-state index in [2.05, 4.69) is 16.9 Å². The number of aromatic nitrogens is 2. The summed E-state index contributed by atoms with van der Waals surface area (Å²) in [6.07, 6.45) is 6.03. The standard InChI is InChI=1S/C12H13N3O/c1-2-9-5-11(7-14-6-9)16-10-3-4-12(13)15-8-10/h3-8H,2H2,1H3,(H2,13,15). The van der Waals surface area contributed by atoms with Crippen molar-refractivity contribution >= 4 is 5.82 Å². The lowest BCUT2D eigenvalue weighted by molar-refractivity contribution is 0.477. The van der Waals surface area contributed by atoms with Crippen molar-refractivity contribution in [1.29, 1.82) is 0 Å². The Kier molecular flexibility index (Phi) is 3.00. The highest BCUT2D eigenvalue weighted by Crippen LogP contribution is 2.20. The van der Waals surface area contributed by atoms with E-state index >= 15 is 0 Å². The van der Waals surface area contributed by atoms with Crippen LogP contribution in [0.4, 0.5) is 5.82 Å². The molecule has 0 amide bonds. The number of hydrogen-bond acceptors (Lipinski definition) is 4. The fourth-order valence-electron chi connectivity index (χ4n) is 1.30. The zero-order valence-corrected chi connectivity index (χ0v) is 9.05. The molecular weight excluding hydrogens is 202 g/mol. The van der Waals surface area contributed by atoms with Crippen LogP contribution in [0.2, 0.25) is 0 Å². The van der Waals surface area contributed by atoms with Gasteiger partial charge in [-0.3, -0.25) is 4.98 Å². The van der Waals surface area contributed by atoms with Crippen molar-refractivity contribution in [3.63, 3.8) is 0 Å². The van der Waals surface area contributed by atoms with Gasteiger partial charge in [-0.05, 0) is 30.2 Å². The Labute approximate surface area is 94.1 Å². The van der Waals surface area contributed by atoms with Gasteiger partial charge in [0.2, 0.25) is 0 Å². The summed E-state index contributed by atoms with van der Waals surface area (Å²) in [6.45, 7) is 2.07. The van der Waals surface area contributed by atoms with Crippen LogP contribution in [0.15, 0.2) is 36.8 Å². The topological polar surface area (TPSA) is 61.0 Å². The number of nitrogen functional groups attached to an aromatic ring is 1. The van der Waals surface area contributed by atoms with E-state index in [1.54, 1.807) is 24.5 Å². The van der Waals surface area contributed by atoms with Crippen molar-refractivity contribution < 1.29 is 4.74 Å². The number of pyridine rings is 2. The molecule has 0 aliphatic heterocycles. The molecule has 0 saturated heterocycles. The van der Waals surface area contributed by atoms with E-state index in [1.807, 2.05) is 12.3 Å². The average Bonchev–Trinajstić information content (AvgIpc) is 2.32. The summed E-state index contributed by atoms with van der Waals surface area (Å²) in [5.41, 5.74) is 6.63. The second-order valence-corrected chi connectivity index (χ2v) is 3.40. The monoisotopic (exact) mass is 215 g/mol. The van der Waals surface area contributed by atoms with E-state index in [4.69, 9.17) is 10.5 Å². The van der Waals surface area contributed by atoms with Crippen LogP contribution >= 0.6 is 0 Å². The van der Waals surface area contributed by atoms with Crippen LogP contribution in [0.5, 0.6) is 11.5 Å². The van der Waals surface area contributed by atoms with Crippen LogP contribution in [-0.2, 0) is 6.42 Å². The first-order valence-corrected chi connectivity index (χ1v) is 5.11. The maximum atomic E-state index is 5.60. The third kappa shape index (κ3) is 2.48. The minimum Gasteiger partial charge on any atom is -0.454 e. The Morgan fingerprint density at radius 3 is 2.75 bits per heavy atom. The predicted octanol–water partition coefficient (Wildman–Crippen LogP) is 2.41. The fourth-order valence-corrected chi connectivity index (χ4v) is 1.30. The van der Waals surface area contributed by atoms with Gasteiger partial charge < -0.3 is 10.5 Å². The molecule has 0 spiro atoms. The second kappa shape index (κ2) is 4.61. The fraction of sp³-hybridized carbons (Fsp3) is 0.167. The van der Waals surface area contributed by atoms with Crippen LogP contribution in [0.1, 0.15) is 12.5 Å². The van der Waals surface area contributed by atoms with Crippen LogP contribution in [-0.4, -0.2) is 9.97 Å². The molecule has 0 fully saturated rings. The lowest BCUT2D eigenvalue weighted by Gasteiger charge is -2.05. The van der Waals surface area contributed by atoms with E-state index in [-0.39, 0.29) is 0 Å². The quantitative estimate of drug-likeness (QED) is 0.854. The van der Waals surface area contributed by atoms with Gasteiger partial charge in [0, 0.05) is 6.20 Å². The average molecular weight is 215 g/mol. The molecule has 2 N–H and O–H groups in total. The maximum Gasteiger partial charge on any atom is 0.146 e. The lowest BCUT2D eigenvalue weighted by Crippen LogP contribution is -1.91. The number of hydrogen-bond donors (Lipinski definition) is 1. The van der Waals surface area contributed by atoms with Crippen LogP contribution < -0.4 is 10.5 Å². The molecule has 82 valence electrons. The third-order valence-electron chi connectivity index (χ3n) is 2.17. The van der Waals surface area contributed by atoms with Crippen molar-refractivity contribution in [3.05, 3.63) is 42.4 Å². The van der Waals surface area contributed by atoms with Gasteiger partial charge in [-0.1, -0.05) is 6.92 Å². The number of rotatable bonds is 3. The van der Waals surface area contributed by atoms with Crippen molar-refractivity contribution in [2.24, 2.45) is 0 Å². The number of anilines is 1. The molecule has 4 nitrogen and oxygen atoms in total. The number of aryl methyl sites for hydroxylation is 1. The molecule has 0 atom stereocenters. The third-order valence-corrected chi connectivity index (χ3v) is 2.17. The zero-order valence-electron chi connectivity index (χ0n) is 9.05. The van der Waals surface area contributed by atoms with Crippen LogP contribution in [0.3, 0.4) is 0 Å². The molecule has 0 bridgehead atoms. The summed E-state index contributed by atoms with van der Waals surface area (Å²) >= 11 is 0. The normalized spacial score (nSPS) is 10.1. The number of ether oxygens (including phenoxy) is 1. The first-order chi connectivity index (χ1) is 7.78. The Morgan fingerprint density at radius 1 is 1.19 bits per heavy atom. The number of nitrogens with two attached hydrogens (primary N) is 1. The molecule has 0 radical (unpaired) electrons. The lowest BCUT2D eigenvalue weighted by atomic mass is 10.2. The van der Waals surface area contributed by atoms with E-state index in [0.717, 1.165) is 12.0 Å². The minimum atomic E-state index is 0.479. The molecule has 0 aliphatic rings. The molecular formula is C12H13N3O. The summed E-state index contributed by atoms with van der Waals surface area (Å²) in [5.74, 6) is 1.85. The second-order valence-electron chi connectivity index (χ2n) is 3.40. The molecule has 0 aliphatic carbocycles. The highest BCUT2D eigenvalue weighted by Gasteiger charge is 1.99. The molecule has 2 rings (SSSR count). The largest absolute Gasteiger partial charge is 0.454 e. The Hall–Kier alpha value is -2.10. The molecule has 4 heteroatoms. The minimum absolute atomic E-state index is 0.479. The molecule has 0 saturated carbocycles. The van der Waals surface area contributed by atoms with Gasteiger partial charge in [-0.15, -0.1) is 0 Å². The van der Waals surface area contributed by atoms with Gasteiger partial charge in [0.05, 0.1) is 12.4 Å². The van der Waals surface area contributed by atoms with Gasteiger partial charge in [-0.25, -0.2) is 4.98 Å². The molecule has 2 aromatic heterocycles. The SMILES string of the molecule is CCc1cncc(Oc2ccc(N)nc2)c1. The van der Waals surface area contributed by atoms with E-state index < -0.39 is 0 Å². The maximum absolute atomic E-state index is 5.60. The highest BCUT2D eigenvalue weighted by molar-refractivity contribution is 5.35. The van der Waals surface area contributed by atoms with Gasteiger partial charge in [0.25, 0.3) is 0 Å². The first kappa shape index (κ1) is 10.4. The van der Waals surface area contributed by atoms with Gasteiger partial charge >= 0.3 is 0 Å². The van der Waals surface area contributed by atoms with E-state index in [0.29, 0.717) is 17.3 Å². The summed E-state index contributed by atoms with van der Waals surface area (Å²) in [4.78, 5) is 8.05. The number of nitrogens with zero attached hydrogens (tertiary/aromatic N) is 2. The summed E-state index contributed by atoms with van der Waals surface area (Å²) in [7, 11) is 0. The van der Waals surface area contributed by atoms with Gasteiger partial charge in [-0.2, -0.15) is 0 Å². The zero-order chi connectivity index (χ0) is 11.4. The van der Waals surface area contributed by atoms with Crippen LogP contribution in [0.25, 0.3) is 0 Å². The smallest absolute Gasteiger partial charge is 0.146 e. The van der Waals surface area contributed by atoms with E-state index in [1.165, 1.54) is 0 Å². The Balaban J connectivity index is 2.16.